The van der Waals surface area contributed by atoms with Crippen molar-refractivity contribution in [2.75, 3.05) is 6.54 Å². The van der Waals surface area contributed by atoms with Crippen LogP contribution in [0.4, 0.5) is 0 Å². The number of nitrogens with zero attached hydrogens (tertiary/aromatic N) is 2. The predicted octanol–water partition coefficient (Wildman–Crippen LogP) is 2.19. The van der Waals surface area contributed by atoms with Gasteiger partial charge in [0.1, 0.15) is 0 Å². The normalized spacial score (nSPS) is 21.0. The predicted molar refractivity (Wildman–Crippen MR) is 84.8 cm³/mol. The van der Waals surface area contributed by atoms with E-state index in [-0.39, 0.29) is 16.6 Å². The molecule has 112 valence electrons. The van der Waals surface area contributed by atoms with E-state index in [2.05, 4.69) is 11.6 Å². The number of hydrogen-bond donors (Lipinski definition) is 0. The lowest BCUT2D eigenvalue weighted by Crippen LogP contribution is -2.37. The van der Waals surface area contributed by atoms with E-state index in [0.29, 0.717) is 0 Å². The van der Waals surface area contributed by atoms with Crippen LogP contribution in [0.15, 0.2) is 46.8 Å². The van der Waals surface area contributed by atoms with Crippen LogP contribution in [0.3, 0.4) is 0 Å². The summed E-state index contributed by atoms with van der Waals surface area (Å²) >= 11 is 1.15. The van der Waals surface area contributed by atoms with E-state index in [1.165, 1.54) is 12.1 Å². The molecule has 0 spiro atoms. The zero-order chi connectivity index (χ0) is 15.6. The summed E-state index contributed by atoms with van der Waals surface area (Å²) in [6, 6.07) is 6.39. The number of aryl methyl sites for hydroxylation is 1. The Morgan fingerprint density at radius 3 is 2.57 bits per heavy atom. The summed E-state index contributed by atoms with van der Waals surface area (Å²) in [5.74, 6) is -0.469. The van der Waals surface area contributed by atoms with Gasteiger partial charge in [0.05, 0.1) is 16.7 Å². The number of amides is 1. The van der Waals surface area contributed by atoms with Gasteiger partial charge in [-0.25, -0.2) is 8.42 Å². The van der Waals surface area contributed by atoms with Gasteiger partial charge >= 0.3 is 0 Å². The van der Waals surface area contributed by atoms with Gasteiger partial charge in [0.25, 0.3) is 15.9 Å². The van der Waals surface area contributed by atoms with E-state index in [4.69, 9.17) is 0 Å². The van der Waals surface area contributed by atoms with Gasteiger partial charge in [-0.1, -0.05) is 35.5 Å². The Hall–Kier alpha value is -1.60. The molecule has 1 aliphatic rings. The molecule has 1 aliphatic heterocycles. The first-order chi connectivity index (χ1) is 9.87. The number of rotatable bonds is 4. The van der Waals surface area contributed by atoms with Crippen LogP contribution < -0.4 is 0 Å². The molecule has 0 aliphatic carbocycles. The summed E-state index contributed by atoms with van der Waals surface area (Å²) in [4.78, 5) is 16.4. The number of carbonyl (C=O) groups excluding carboxylic acids is 1. The minimum Gasteiger partial charge on any atom is -0.272 e. The molecule has 1 atom stereocenters. The van der Waals surface area contributed by atoms with E-state index >= 15 is 0 Å². The zero-order valence-corrected chi connectivity index (χ0v) is 13.4. The van der Waals surface area contributed by atoms with Gasteiger partial charge in [0.15, 0.2) is 5.17 Å². The molecule has 1 aromatic rings. The lowest BCUT2D eigenvalue weighted by molar-refractivity contribution is -0.122. The first kappa shape index (κ1) is 15.8. The Bertz CT molecular complexity index is 693. The van der Waals surface area contributed by atoms with E-state index < -0.39 is 21.2 Å². The quantitative estimate of drug-likeness (QED) is 0.796. The third-order valence-electron chi connectivity index (χ3n) is 2.92. The lowest BCUT2D eigenvalue weighted by Gasteiger charge is -2.16. The van der Waals surface area contributed by atoms with Gasteiger partial charge in [-0.05, 0) is 26.0 Å². The average molecular weight is 324 g/mol. The first-order valence-corrected chi connectivity index (χ1v) is 8.67. The Morgan fingerprint density at radius 1 is 1.38 bits per heavy atom. The molecule has 1 aromatic carbocycles. The van der Waals surface area contributed by atoms with Crippen molar-refractivity contribution in [2.45, 2.75) is 24.0 Å². The molecular formula is C14H16N2O3S2. The summed E-state index contributed by atoms with van der Waals surface area (Å²) in [5.41, 5.74) is 0.949. The van der Waals surface area contributed by atoms with Crippen LogP contribution >= 0.6 is 11.8 Å². The Balaban J connectivity index is 2.47. The summed E-state index contributed by atoms with van der Waals surface area (Å²) in [6.45, 7) is 7.35. The molecule has 1 fully saturated rings. The van der Waals surface area contributed by atoms with Crippen molar-refractivity contribution in [3.8, 4) is 0 Å². The highest BCUT2D eigenvalue weighted by molar-refractivity contribution is 8.17. The van der Waals surface area contributed by atoms with Crippen LogP contribution in [-0.2, 0) is 14.8 Å². The number of carbonyl (C=O) groups is 1. The third-order valence-corrected chi connectivity index (χ3v) is 5.81. The molecule has 1 heterocycles. The molecule has 1 unspecified atom stereocenters. The molecule has 0 aromatic heterocycles. The fraction of sp³-hybridized carbons (Fsp3) is 0.286. The van der Waals surface area contributed by atoms with Crippen LogP contribution in [0.25, 0.3) is 0 Å². The molecule has 1 amide bonds. The van der Waals surface area contributed by atoms with Crippen LogP contribution in [0.1, 0.15) is 12.5 Å². The maximum atomic E-state index is 12.7. The topological polar surface area (TPSA) is 66.8 Å². The van der Waals surface area contributed by atoms with Gasteiger partial charge in [-0.2, -0.15) is 4.31 Å². The molecule has 7 heteroatoms. The minimum atomic E-state index is -3.92. The van der Waals surface area contributed by atoms with Crippen molar-refractivity contribution >= 4 is 32.9 Å². The molecule has 1 saturated heterocycles. The summed E-state index contributed by atoms with van der Waals surface area (Å²) in [6.07, 6.45) is 1.55. The van der Waals surface area contributed by atoms with E-state index in [0.717, 1.165) is 21.6 Å². The Kier molecular flexibility index (Phi) is 4.53. The second-order valence-electron chi connectivity index (χ2n) is 4.59. The zero-order valence-electron chi connectivity index (χ0n) is 11.8. The smallest absolute Gasteiger partial charge is 0.272 e. The average Bonchev–Trinajstić information content (AvgIpc) is 2.73. The number of sulfonamides is 1. The monoisotopic (exact) mass is 324 g/mol. The van der Waals surface area contributed by atoms with E-state index in [1.54, 1.807) is 25.1 Å². The fourth-order valence-electron chi connectivity index (χ4n) is 1.80. The van der Waals surface area contributed by atoms with Crippen LogP contribution in [0.2, 0.25) is 0 Å². The SMILES string of the molecule is C=CCN=C1SC(C)C(=O)N1S(=O)(=O)c1ccc(C)cc1. The second-order valence-corrected chi connectivity index (χ2v) is 7.69. The molecule has 2 rings (SSSR count). The van der Waals surface area contributed by atoms with Crippen molar-refractivity contribution < 1.29 is 13.2 Å². The van der Waals surface area contributed by atoms with Crippen molar-refractivity contribution in [1.29, 1.82) is 0 Å². The number of amidine groups is 1. The molecular weight excluding hydrogens is 308 g/mol. The van der Waals surface area contributed by atoms with Gasteiger partial charge in [0, 0.05) is 0 Å². The second kappa shape index (κ2) is 6.03. The van der Waals surface area contributed by atoms with Gasteiger partial charge in [-0.3, -0.25) is 9.79 Å². The standard InChI is InChI=1S/C14H16N2O3S2/c1-4-9-15-14-16(13(17)11(3)20-14)21(18,19)12-7-5-10(2)6-8-12/h4-8,11H,1,9H2,2-3H3. The molecule has 0 bridgehead atoms. The Morgan fingerprint density at radius 2 is 2.00 bits per heavy atom. The van der Waals surface area contributed by atoms with Crippen LogP contribution in [-0.4, -0.2) is 35.6 Å². The molecule has 0 saturated carbocycles. The van der Waals surface area contributed by atoms with Crippen LogP contribution in [0, 0.1) is 6.92 Å². The van der Waals surface area contributed by atoms with Gasteiger partial charge in [0.2, 0.25) is 0 Å². The summed E-state index contributed by atoms with van der Waals surface area (Å²) < 4.78 is 26.1. The van der Waals surface area contributed by atoms with Crippen molar-refractivity contribution in [2.24, 2.45) is 4.99 Å². The Labute approximate surface area is 128 Å². The van der Waals surface area contributed by atoms with E-state index in [1.807, 2.05) is 6.92 Å². The van der Waals surface area contributed by atoms with Crippen molar-refractivity contribution in [3.63, 3.8) is 0 Å². The minimum absolute atomic E-state index is 0.0856. The maximum Gasteiger partial charge on any atom is 0.272 e. The van der Waals surface area contributed by atoms with Crippen LogP contribution in [0.5, 0.6) is 0 Å². The molecule has 5 nitrogen and oxygen atoms in total. The largest absolute Gasteiger partial charge is 0.272 e. The molecule has 0 N–H and O–H groups in total. The molecule has 21 heavy (non-hydrogen) atoms. The van der Waals surface area contributed by atoms with Gasteiger partial charge < -0.3 is 0 Å². The van der Waals surface area contributed by atoms with Crippen molar-refractivity contribution in [3.05, 3.63) is 42.5 Å². The number of hydrogen-bond acceptors (Lipinski definition) is 5. The third kappa shape index (κ3) is 3.03. The fourth-order valence-corrected chi connectivity index (χ4v) is 4.49. The molecule has 0 radical (unpaired) electrons. The summed E-state index contributed by atoms with van der Waals surface area (Å²) in [5, 5.41) is -0.262. The highest BCUT2D eigenvalue weighted by atomic mass is 32.2. The lowest BCUT2D eigenvalue weighted by atomic mass is 10.2. The highest BCUT2D eigenvalue weighted by Crippen LogP contribution is 2.32. The maximum absolute atomic E-state index is 12.7. The van der Waals surface area contributed by atoms with Crippen molar-refractivity contribution in [1.82, 2.24) is 4.31 Å². The first-order valence-electron chi connectivity index (χ1n) is 6.35. The number of thioether (sulfide) groups is 1. The highest BCUT2D eigenvalue weighted by Gasteiger charge is 2.43. The summed E-state index contributed by atoms with van der Waals surface area (Å²) in [7, 11) is -3.92. The number of benzene rings is 1. The number of aliphatic imine (C=N–C) groups is 1. The van der Waals surface area contributed by atoms with E-state index in [9.17, 15) is 13.2 Å². The van der Waals surface area contributed by atoms with Gasteiger partial charge in [-0.15, -0.1) is 6.58 Å².